The summed E-state index contributed by atoms with van der Waals surface area (Å²) >= 11 is 7.85. The van der Waals surface area contributed by atoms with E-state index in [1.165, 1.54) is 12.1 Å². The summed E-state index contributed by atoms with van der Waals surface area (Å²) in [5.41, 5.74) is 2.08. The van der Waals surface area contributed by atoms with Crippen molar-refractivity contribution >= 4 is 29.3 Å². The van der Waals surface area contributed by atoms with Gasteiger partial charge in [-0.3, -0.25) is 9.69 Å². The number of carbonyl (C=O) groups excluding carboxylic acids is 1. The second kappa shape index (κ2) is 9.77. The average Bonchev–Trinajstić information content (AvgIpc) is 3.11. The van der Waals surface area contributed by atoms with Gasteiger partial charge >= 0.3 is 0 Å². The molecule has 3 nitrogen and oxygen atoms in total. The number of hydrogen-bond acceptors (Lipinski definition) is 3. The third-order valence-corrected chi connectivity index (χ3v) is 6.14. The van der Waals surface area contributed by atoms with Gasteiger partial charge in [-0.25, -0.2) is 4.39 Å². The molecule has 0 aromatic heterocycles. The summed E-state index contributed by atoms with van der Waals surface area (Å²) in [6.45, 7) is 6.92. The van der Waals surface area contributed by atoms with Crippen molar-refractivity contribution in [2.24, 2.45) is 5.92 Å². The molecule has 1 aliphatic rings. The second-order valence-electron chi connectivity index (χ2n) is 7.56. The minimum atomic E-state index is -0.255. The summed E-state index contributed by atoms with van der Waals surface area (Å²) in [4.78, 5) is 17.2. The van der Waals surface area contributed by atoms with E-state index in [0.29, 0.717) is 24.0 Å². The van der Waals surface area contributed by atoms with Crippen LogP contribution >= 0.6 is 23.4 Å². The SMILES string of the molecule is CC(C)CN(CC(=O)N1CCS[C@@H]1c1ccc(F)cc1)Cc1cccc(Cl)c1. The van der Waals surface area contributed by atoms with Gasteiger partial charge in [-0.05, 0) is 41.3 Å². The summed E-state index contributed by atoms with van der Waals surface area (Å²) in [7, 11) is 0. The molecule has 0 spiro atoms. The van der Waals surface area contributed by atoms with Crippen LogP contribution in [0.2, 0.25) is 5.02 Å². The molecular formula is C22H26ClFN2OS. The van der Waals surface area contributed by atoms with Crippen molar-refractivity contribution < 1.29 is 9.18 Å². The number of carbonyl (C=O) groups is 1. The summed E-state index contributed by atoms with van der Waals surface area (Å²) in [6, 6.07) is 14.3. The first kappa shape index (κ1) is 21.2. The molecule has 1 amide bonds. The molecule has 0 bridgehead atoms. The van der Waals surface area contributed by atoms with E-state index in [2.05, 4.69) is 18.7 Å². The molecule has 0 radical (unpaired) electrons. The number of halogens is 2. The van der Waals surface area contributed by atoms with Crippen molar-refractivity contribution in [3.63, 3.8) is 0 Å². The maximum Gasteiger partial charge on any atom is 0.237 e. The zero-order chi connectivity index (χ0) is 20.1. The van der Waals surface area contributed by atoms with Gasteiger partial charge < -0.3 is 4.90 Å². The smallest absolute Gasteiger partial charge is 0.237 e. The lowest BCUT2D eigenvalue weighted by Crippen LogP contribution is -2.41. The van der Waals surface area contributed by atoms with Gasteiger partial charge in [0.2, 0.25) is 5.91 Å². The normalized spacial score (nSPS) is 16.9. The Morgan fingerprint density at radius 2 is 2.04 bits per heavy atom. The molecule has 0 N–H and O–H groups in total. The molecule has 0 saturated carbocycles. The molecule has 150 valence electrons. The monoisotopic (exact) mass is 420 g/mol. The van der Waals surface area contributed by atoms with Gasteiger partial charge in [0.25, 0.3) is 0 Å². The van der Waals surface area contributed by atoms with Crippen LogP contribution in [0.1, 0.15) is 30.3 Å². The Balaban J connectivity index is 1.70. The Morgan fingerprint density at radius 3 is 2.71 bits per heavy atom. The number of amides is 1. The Hall–Kier alpha value is -1.56. The van der Waals surface area contributed by atoms with Crippen LogP contribution in [0.25, 0.3) is 0 Å². The molecule has 1 atom stereocenters. The Morgan fingerprint density at radius 1 is 1.29 bits per heavy atom. The standard InChI is InChI=1S/C22H26ClFN2OS/c1-16(2)13-25(14-17-4-3-5-19(23)12-17)15-21(27)26-10-11-28-22(26)18-6-8-20(24)9-7-18/h3-9,12,16,22H,10-11,13-15H2,1-2H3/t22-/m1/s1. The highest BCUT2D eigenvalue weighted by atomic mass is 35.5. The van der Waals surface area contributed by atoms with Crippen molar-refractivity contribution in [1.29, 1.82) is 0 Å². The fourth-order valence-electron chi connectivity index (χ4n) is 3.51. The van der Waals surface area contributed by atoms with Gasteiger partial charge in [0.1, 0.15) is 11.2 Å². The lowest BCUT2D eigenvalue weighted by molar-refractivity contribution is -0.132. The number of rotatable bonds is 7. The van der Waals surface area contributed by atoms with Crippen LogP contribution in [-0.4, -0.2) is 41.1 Å². The first-order chi connectivity index (χ1) is 13.4. The van der Waals surface area contributed by atoms with Crippen molar-refractivity contribution in [2.45, 2.75) is 25.8 Å². The third kappa shape index (κ3) is 5.72. The Labute approximate surface area is 175 Å². The molecule has 1 aliphatic heterocycles. The van der Waals surface area contributed by atoms with E-state index in [1.54, 1.807) is 23.9 Å². The largest absolute Gasteiger partial charge is 0.325 e. The lowest BCUT2D eigenvalue weighted by Gasteiger charge is -2.29. The number of hydrogen-bond donors (Lipinski definition) is 0. The van der Waals surface area contributed by atoms with Crippen LogP contribution in [0.3, 0.4) is 0 Å². The van der Waals surface area contributed by atoms with Crippen molar-refractivity contribution in [3.8, 4) is 0 Å². The molecule has 28 heavy (non-hydrogen) atoms. The van der Waals surface area contributed by atoms with Crippen LogP contribution in [0.5, 0.6) is 0 Å². The summed E-state index contributed by atoms with van der Waals surface area (Å²) in [6.07, 6.45) is 0. The van der Waals surface area contributed by atoms with Gasteiger partial charge in [0.05, 0.1) is 6.54 Å². The fraction of sp³-hybridized carbons (Fsp3) is 0.409. The Bertz CT molecular complexity index is 799. The fourth-order valence-corrected chi connectivity index (χ4v) is 5.00. The van der Waals surface area contributed by atoms with Crippen LogP contribution < -0.4 is 0 Å². The predicted octanol–water partition coefficient (Wildman–Crippen LogP) is 5.21. The highest BCUT2D eigenvalue weighted by Crippen LogP contribution is 2.38. The zero-order valence-corrected chi connectivity index (χ0v) is 17.8. The molecule has 2 aromatic rings. The maximum absolute atomic E-state index is 13.3. The predicted molar refractivity (Wildman–Crippen MR) is 115 cm³/mol. The van der Waals surface area contributed by atoms with Gasteiger partial charge in [-0.15, -0.1) is 11.8 Å². The van der Waals surface area contributed by atoms with E-state index in [-0.39, 0.29) is 17.1 Å². The second-order valence-corrected chi connectivity index (χ2v) is 9.18. The van der Waals surface area contributed by atoms with Crippen LogP contribution in [-0.2, 0) is 11.3 Å². The molecule has 0 aliphatic carbocycles. The van der Waals surface area contributed by atoms with Gasteiger partial charge in [0.15, 0.2) is 0 Å². The van der Waals surface area contributed by atoms with E-state index in [9.17, 15) is 9.18 Å². The minimum Gasteiger partial charge on any atom is -0.325 e. The van der Waals surface area contributed by atoms with Crippen LogP contribution in [0, 0.1) is 11.7 Å². The minimum absolute atomic E-state index is 0.0415. The van der Waals surface area contributed by atoms with E-state index >= 15 is 0 Å². The lowest BCUT2D eigenvalue weighted by atomic mass is 10.1. The van der Waals surface area contributed by atoms with E-state index in [4.69, 9.17) is 11.6 Å². The van der Waals surface area contributed by atoms with Gasteiger partial charge in [-0.2, -0.15) is 0 Å². The Kier molecular flexibility index (Phi) is 7.38. The van der Waals surface area contributed by atoms with E-state index in [0.717, 1.165) is 30.0 Å². The van der Waals surface area contributed by atoms with Gasteiger partial charge in [0, 0.05) is 30.4 Å². The summed E-state index contributed by atoms with van der Waals surface area (Å²) in [5, 5.41) is 0.667. The van der Waals surface area contributed by atoms with Crippen molar-refractivity contribution in [2.75, 3.05) is 25.4 Å². The molecule has 1 fully saturated rings. The molecular weight excluding hydrogens is 395 g/mol. The zero-order valence-electron chi connectivity index (χ0n) is 16.3. The molecule has 6 heteroatoms. The number of thioether (sulfide) groups is 1. The van der Waals surface area contributed by atoms with E-state index < -0.39 is 0 Å². The van der Waals surface area contributed by atoms with Crippen LogP contribution in [0.15, 0.2) is 48.5 Å². The first-order valence-electron chi connectivity index (χ1n) is 9.55. The van der Waals surface area contributed by atoms with Gasteiger partial charge in [-0.1, -0.05) is 49.7 Å². The highest BCUT2D eigenvalue weighted by Gasteiger charge is 2.31. The maximum atomic E-state index is 13.3. The molecule has 1 heterocycles. The third-order valence-electron chi connectivity index (χ3n) is 4.64. The van der Waals surface area contributed by atoms with E-state index in [1.807, 2.05) is 29.2 Å². The highest BCUT2D eigenvalue weighted by molar-refractivity contribution is 7.99. The van der Waals surface area contributed by atoms with Crippen molar-refractivity contribution in [3.05, 3.63) is 70.5 Å². The number of benzene rings is 2. The molecule has 1 saturated heterocycles. The summed E-state index contributed by atoms with van der Waals surface area (Å²) < 4.78 is 13.3. The summed E-state index contributed by atoms with van der Waals surface area (Å²) in [5.74, 6) is 1.20. The quantitative estimate of drug-likeness (QED) is 0.614. The number of nitrogens with zero attached hydrogens (tertiary/aromatic N) is 2. The average molecular weight is 421 g/mol. The topological polar surface area (TPSA) is 23.6 Å². The first-order valence-corrected chi connectivity index (χ1v) is 11.0. The van der Waals surface area contributed by atoms with Crippen LogP contribution in [0.4, 0.5) is 4.39 Å². The molecule has 3 rings (SSSR count). The molecule has 0 unspecified atom stereocenters. The van der Waals surface area contributed by atoms with Crippen molar-refractivity contribution in [1.82, 2.24) is 9.80 Å². The molecule has 2 aromatic carbocycles.